The van der Waals surface area contributed by atoms with Crippen LogP contribution >= 0.6 is 0 Å². The van der Waals surface area contributed by atoms with Gasteiger partial charge in [-0.1, -0.05) is 54.1 Å². The number of anilines is 1. The zero-order valence-corrected chi connectivity index (χ0v) is 17.7. The van der Waals surface area contributed by atoms with Gasteiger partial charge in [0.25, 0.3) is 10.0 Å². The molecule has 1 atom stereocenters. The van der Waals surface area contributed by atoms with Gasteiger partial charge in [0.2, 0.25) is 0 Å². The summed E-state index contributed by atoms with van der Waals surface area (Å²) in [4.78, 5) is 12.6. The number of benzene rings is 3. The number of carbonyl (C=O) groups is 1. The number of rotatable bonds is 5. The number of esters is 1. The lowest BCUT2D eigenvalue weighted by atomic mass is 10.1. The van der Waals surface area contributed by atoms with Gasteiger partial charge < -0.3 is 4.74 Å². The van der Waals surface area contributed by atoms with E-state index in [1.807, 2.05) is 62.4 Å². The first-order valence-corrected chi connectivity index (χ1v) is 11.3. The van der Waals surface area contributed by atoms with Crippen molar-refractivity contribution in [2.24, 2.45) is 0 Å². The van der Waals surface area contributed by atoms with E-state index in [4.69, 9.17) is 4.74 Å². The van der Waals surface area contributed by atoms with Gasteiger partial charge in [-0.05, 0) is 55.7 Å². The second-order valence-corrected chi connectivity index (χ2v) is 9.39. The van der Waals surface area contributed by atoms with E-state index >= 15 is 0 Å². The highest BCUT2D eigenvalue weighted by Crippen LogP contribution is 2.36. The van der Waals surface area contributed by atoms with Crippen molar-refractivity contribution >= 4 is 21.7 Å². The number of nitrogens with zero attached hydrogens (tertiary/aromatic N) is 1. The van der Waals surface area contributed by atoms with E-state index in [1.165, 1.54) is 16.4 Å². The molecule has 1 heterocycles. The maximum absolute atomic E-state index is 13.4. The average molecular weight is 422 g/mol. The van der Waals surface area contributed by atoms with E-state index in [2.05, 4.69) is 0 Å². The van der Waals surface area contributed by atoms with Crippen LogP contribution < -0.4 is 4.31 Å². The molecule has 0 aromatic heterocycles. The predicted molar refractivity (Wildman–Crippen MR) is 116 cm³/mol. The summed E-state index contributed by atoms with van der Waals surface area (Å²) < 4.78 is 33.6. The number of aryl methyl sites for hydroxylation is 1. The first kappa shape index (κ1) is 20.2. The predicted octanol–water partition coefficient (Wildman–Crippen LogP) is 4.49. The monoisotopic (exact) mass is 421 g/mol. The highest BCUT2D eigenvalue weighted by Gasteiger charge is 2.36. The van der Waals surface area contributed by atoms with Crippen molar-refractivity contribution in [2.75, 3.05) is 4.31 Å². The molecule has 6 heteroatoms. The molecule has 0 unspecified atom stereocenters. The smallest absolute Gasteiger partial charge is 0.338 e. The van der Waals surface area contributed by atoms with Crippen LogP contribution in [0.3, 0.4) is 0 Å². The van der Waals surface area contributed by atoms with Crippen LogP contribution in [0.1, 0.15) is 34.0 Å². The first-order chi connectivity index (χ1) is 14.4. The second kappa shape index (κ2) is 7.95. The molecular formula is C24H23NO4S. The lowest BCUT2D eigenvalue weighted by Gasteiger charge is -2.24. The molecule has 1 aliphatic rings. The fraction of sp³-hybridized carbons (Fsp3) is 0.208. The molecule has 0 spiro atoms. The third-order valence-electron chi connectivity index (χ3n) is 5.26. The van der Waals surface area contributed by atoms with Gasteiger partial charge in [-0.2, -0.15) is 0 Å². The zero-order valence-electron chi connectivity index (χ0n) is 16.9. The minimum atomic E-state index is -3.80. The highest BCUT2D eigenvalue weighted by atomic mass is 32.2. The van der Waals surface area contributed by atoms with Gasteiger partial charge in [-0.15, -0.1) is 0 Å². The van der Waals surface area contributed by atoms with Crippen molar-refractivity contribution in [3.05, 3.63) is 95.1 Å². The van der Waals surface area contributed by atoms with Gasteiger partial charge in [0.15, 0.2) is 0 Å². The van der Waals surface area contributed by atoms with Crippen LogP contribution in [0, 0.1) is 6.92 Å². The molecule has 0 saturated carbocycles. The molecule has 30 heavy (non-hydrogen) atoms. The largest absolute Gasteiger partial charge is 0.457 e. The molecule has 0 saturated heterocycles. The maximum Gasteiger partial charge on any atom is 0.338 e. The number of sulfonamides is 1. The normalized spacial score (nSPS) is 15.7. The van der Waals surface area contributed by atoms with Crippen LogP contribution in [0.2, 0.25) is 0 Å². The Morgan fingerprint density at radius 1 is 1.03 bits per heavy atom. The summed E-state index contributed by atoms with van der Waals surface area (Å²) in [5.74, 6) is -0.553. The Morgan fingerprint density at radius 2 is 1.77 bits per heavy atom. The molecule has 0 N–H and O–H groups in total. The summed E-state index contributed by atoms with van der Waals surface area (Å²) in [5.41, 5.74) is 3.91. The minimum Gasteiger partial charge on any atom is -0.457 e. The van der Waals surface area contributed by atoms with Crippen molar-refractivity contribution in [3.63, 3.8) is 0 Å². The molecule has 0 aliphatic carbocycles. The Kier molecular flexibility index (Phi) is 5.35. The van der Waals surface area contributed by atoms with E-state index in [9.17, 15) is 13.2 Å². The van der Waals surface area contributed by atoms with E-state index < -0.39 is 16.0 Å². The zero-order chi connectivity index (χ0) is 21.3. The summed E-state index contributed by atoms with van der Waals surface area (Å²) >= 11 is 0. The molecule has 0 fully saturated rings. The minimum absolute atomic E-state index is 0.0795. The fourth-order valence-corrected chi connectivity index (χ4v) is 5.46. The van der Waals surface area contributed by atoms with Crippen LogP contribution in [0.4, 0.5) is 5.69 Å². The standard InChI is InChI=1S/C24H23NO4S/c1-17-10-12-19(13-11-17)16-29-24(26)21-7-5-8-22(15-21)30(27,28)25-18(2)14-20-6-3-4-9-23(20)25/h3-13,15,18H,14,16H2,1-2H3/t18-/m1/s1. The molecule has 3 aromatic rings. The fourth-order valence-electron chi connectivity index (χ4n) is 3.72. The number of hydrogen-bond acceptors (Lipinski definition) is 4. The van der Waals surface area contributed by atoms with E-state index in [0.717, 1.165) is 16.7 Å². The molecule has 5 nitrogen and oxygen atoms in total. The number of para-hydroxylation sites is 1. The van der Waals surface area contributed by atoms with Gasteiger partial charge in [0.05, 0.1) is 16.1 Å². The molecule has 4 rings (SSSR count). The second-order valence-electron chi connectivity index (χ2n) is 7.57. The number of hydrogen-bond donors (Lipinski definition) is 0. The van der Waals surface area contributed by atoms with E-state index in [-0.39, 0.29) is 23.1 Å². The Hall–Kier alpha value is -3.12. The molecule has 0 amide bonds. The van der Waals surface area contributed by atoms with Crippen LogP contribution in [0.25, 0.3) is 0 Å². The van der Waals surface area contributed by atoms with E-state index in [0.29, 0.717) is 12.1 Å². The molecule has 1 aliphatic heterocycles. The van der Waals surface area contributed by atoms with Crippen molar-refractivity contribution in [2.45, 2.75) is 37.8 Å². The lowest BCUT2D eigenvalue weighted by molar-refractivity contribution is 0.0472. The first-order valence-electron chi connectivity index (χ1n) is 9.81. The molecule has 3 aromatic carbocycles. The van der Waals surface area contributed by atoms with Gasteiger partial charge in [-0.3, -0.25) is 4.31 Å². The average Bonchev–Trinajstić information content (AvgIpc) is 3.09. The lowest BCUT2D eigenvalue weighted by Crippen LogP contribution is -2.35. The van der Waals surface area contributed by atoms with Crippen molar-refractivity contribution in [1.29, 1.82) is 0 Å². The van der Waals surface area contributed by atoms with Crippen molar-refractivity contribution in [1.82, 2.24) is 0 Å². The van der Waals surface area contributed by atoms with Crippen molar-refractivity contribution in [3.8, 4) is 0 Å². The molecule has 0 bridgehead atoms. The third kappa shape index (κ3) is 3.83. The highest BCUT2D eigenvalue weighted by molar-refractivity contribution is 7.92. The number of carbonyl (C=O) groups excluding carboxylic acids is 1. The van der Waals surface area contributed by atoms with Crippen LogP contribution in [0.5, 0.6) is 0 Å². The van der Waals surface area contributed by atoms with Gasteiger partial charge in [-0.25, -0.2) is 13.2 Å². The topological polar surface area (TPSA) is 63.7 Å². The Morgan fingerprint density at radius 3 is 2.53 bits per heavy atom. The quantitative estimate of drug-likeness (QED) is 0.570. The third-order valence-corrected chi connectivity index (χ3v) is 7.19. The Labute approximate surface area is 177 Å². The van der Waals surface area contributed by atoms with Gasteiger partial charge in [0.1, 0.15) is 6.61 Å². The maximum atomic E-state index is 13.4. The van der Waals surface area contributed by atoms with E-state index in [1.54, 1.807) is 12.1 Å². The summed E-state index contributed by atoms with van der Waals surface area (Å²) in [6.45, 7) is 4.01. The van der Waals surface area contributed by atoms with Gasteiger partial charge in [0, 0.05) is 6.04 Å². The van der Waals surface area contributed by atoms with Gasteiger partial charge >= 0.3 is 5.97 Å². The molecule has 154 valence electrons. The summed E-state index contributed by atoms with van der Waals surface area (Å²) in [5, 5.41) is 0. The molecular weight excluding hydrogens is 398 g/mol. The van der Waals surface area contributed by atoms with Crippen LogP contribution in [-0.2, 0) is 27.8 Å². The number of ether oxygens (including phenoxy) is 1. The van der Waals surface area contributed by atoms with Crippen LogP contribution in [0.15, 0.2) is 77.7 Å². The summed E-state index contributed by atoms with van der Waals surface area (Å²) in [7, 11) is -3.80. The summed E-state index contributed by atoms with van der Waals surface area (Å²) in [6.07, 6.45) is 0.660. The summed E-state index contributed by atoms with van der Waals surface area (Å²) in [6, 6.07) is 21.0. The Bertz CT molecular complexity index is 1190. The Balaban J connectivity index is 1.57. The van der Waals surface area contributed by atoms with Crippen molar-refractivity contribution < 1.29 is 17.9 Å². The SMILES string of the molecule is Cc1ccc(COC(=O)c2cccc(S(=O)(=O)N3c4ccccc4C[C@H]3C)c2)cc1. The molecule has 0 radical (unpaired) electrons. The van der Waals surface area contributed by atoms with Crippen LogP contribution in [-0.4, -0.2) is 20.4 Å². The number of fused-ring (bicyclic) bond motifs is 1.